The van der Waals surface area contributed by atoms with Crippen LogP contribution in [0.2, 0.25) is 0 Å². The number of hydrogen-bond donors (Lipinski definition) is 1. The van der Waals surface area contributed by atoms with E-state index in [0.29, 0.717) is 36.0 Å². The molecule has 0 unspecified atom stereocenters. The summed E-state index contributed by atoms with van der Waals surface area (Å²) in [5.74, 6) is 1.42. The minimum Gasteiger partial charge on any atom is -0.488 e. The number of nitrogens with zero attached hydrogens (tertiary/aromatic N) is 3. The third kappa shape index (κ3) is 3.25. The van der Waals surface area contributed by atoms with Crippen molar-refractivity contribution in [3.8, 4) is 17.3 Å². The van der Waals surface area contributed by atoms with E-state index in [4.69, 9.17) is 4.74 Å². The van der Waals surface area contributed by atoms with Gasteiger partial charge in [-0.2, -0.15) is 0 Å². The summed E-state index contributed by atoms with van der Waals surface area (Å²) in [6.45, 7) is 1.01. The molecule has 1 aliphatic heterocycles. The van der Waals surface area contributed by atoms with E-state index in [-0.39, 0.29) is 5.91 Å². The van der Waals surface area contributed by atoms with Crippen molar-refractivity contribution in [1.82, 2.24) is 14.5 Å². The average molecular weight is 411 g/mol. The zero-order valence-corrected chi connectivity index (χ0v) is 15.3. The van der Waals surface area contributed by atoms with Crippen LogP contribution >= 0.6 is 15.9 Å². The summed E-state index contributed by atoms with van der Waals surface area (Å²) in [6, 6.07) is 10.8. The highest BCUT2D eigenvalue weighted by Crippen LogP contribution is 2.30. The quantitative estimate of drug-likeness (QED) is 0.570. The summed E-state index contributed by atoms with van der Waals surface area (Å²) in [5.41, 5.74) is 1.14. The Morgan fingerprint density at radius 3 is 2.96 bits per heavy atom. The molecule has 0 aliphatic carbocycles. The summed E-state index contributed by atoms with van der Waals surface area (Å²) in [6.07, 6.45) is 7.54. The van der Waals surface area contributed by atoms with E-state index in [9.17, 15) is 4.79 Å². The first-order valence-corrected chi connectivity index (χ1v) is 8.88. The minimum atomic E-state index is -0.282. The first kappa shape index (κ1) is 16.5. The van der Waals surface area contributed by atoms with Gasteiger partial charge < -0.3 is 14.6 Å². The summed E-state index contributed by atoms with van der Waals surface area (Å²) in [7, 11) is 0. The maximum Gasteiger partial charge on any atom is 0.260 e. The molecule has 0 saturated heterocycles. The van der Waals surface area contributed by atoms with Crippen molar-refractivity contribution in [2.75, 3.05) is 11.9 Å². The topological polar surface area (TPSA) is 69.0 Å². The lowest BCUT2D eigenvalue weighted by Gasteiger charge is -2.13. The lowest BCUT2D eigenvalue weighted by Crippen LogP contribution is -2.15. The van der Waals surface area contributed by atoms with Gasteiger partial charge in [0, 0.05) is 18.9 Å². The summed E-state index contributed by atoms with van der Waals surface area (Å²) in [4.78, 5) is 21.6. The highest BCUT2D eigenvalue weighted by atomic mass is 79.9. The van der Waals surface area contributed by atoms with Gasteiger partial charge in [0.2, 0.25) is 0 Å². The zero-order chi connectivity index (χ0) is 17.9. The predicted octanol–water partition coefficient (Wildman–Crippen LogP) is 3.91. The maximum absolute atomic E-state index is 12.7. The van der Waals surface area contributed by atoms with Crippen LogP contribution in [0.4, 0.5) is 5.82 Å². The third-order valence-electron chi connectivity index (χ3n) is 3.94. The highest BCUT2D eigenvalue weighted by molar-refractivity contribution is 9.10. The number of carbonyl (C=O) groups is 1. The molecule has 0 fully saturated rings. The monoisotopic (exact) mass is 410 g/mol. The first-order chi connectivity index (χ1) is 12.7. The number of nitrogens with one attached hydrogen (secondary N) is 1. The average Bonchev–Trinajstić information content (AvgIpc) is 3.10. The number of ether oxygens (including phenoxy) is 1. The van der Waals surface area contributed by atoms with Crippen molar-refractivity contribution in [2.45, 2.75) is 6.54 Å². The minimum absolute atomic E-state index is 0.282. The Bertz CT molecular complexity index is 997. The first-order valence-electron chi connectivity index (χ1n) is 8.08. The van der Waals surface area contributed by atoms with Crippen LogP contribution in [-0.2, 0) is 6.54 Å². The van der Waals surface area contributed by atoms with Gasteiger partial charge in [0.05, 0.1) is 10.0 Å². The van der Waals surface area contributed by atoms with Crippen molar-refractivity contribution in [1.29, 1.82) is 0 Å². The molecular weight excluding hydrogens is 396 g/mol. The van der Waals surface area contributed by atoms with E-state index < -0.39 is 0 Å². The molecule has 130 valence electrons. The van der Waals surface area contributed by atoms with Gasteiger partial charge in [-0.15, -0.1) is 0 Å². The van der Waals surface area contributed by atoms with E-state index in [1.54, 1.807) is 24.4 Å². The molecule has 0 spiro atoms. The van der Waals surface area contributed by atoms with E-state index in [2.05, 4.69) is 31.2 Å². The number of para-hydroxylation sites is 1. The van der Waals surface area contributed by atoms with E-state index in [1.165, 1.54) is 0 Å². The molecular formula is C19H15BrN4O2. The molecule has 2 aromatic heterocycles. The van der Waals surface area contributed by atoms with Crippen LogP contribution in [0.15, 0.2) is 65.4 Å². The van der Waals surface area contributed by atoms with Crippen molar-refractivity contribution in [3.63, 3.8) is 0 Å². The van der Waals surface area contributed by atoms with Crippen molar-refractivity contribution in [3.05, 3.63) is 71.0 Å². The Morgan fingerprint density at radius 1 is 1.15 bits per heavy atom. The fraction of sp³-hybridized carbons (Fsp3) is 0.105. The number of rotatable bonds is 0. The molecule has 3 aromatic rings. The normalized spacial score (nSPS) is 15.0. The Kier molecular flexibility index (Phi) is 4.53. The number of amides is 1. The molecule has 0 saturated carbocycles. The number of benzene rings is 1. The SMILES string of the molecule is O=C1Nc2cccc(n2)-c2nccn2C/C=C/COc2c(Br)cccc21. The van der Waals surface area contributed by atoms with Gasteiger partial charge in [-0.05, 0) is 46.3 Å². The van der Waals surface area contributed by atoms with Crippen LogP contribution in [0.3, 0.4) is 0 Å². The lowest BCUT2D eigenvalue weighted by molar-refractivity contribution is 0.102. The number of allylic oxidation sites excluding steroid dienone is 1. The number of imidazole rings is 1. The number of anilines is 1. The second-order valence-corrected chi connectivity index (χ2v) is 6.52. The van der Waals surface area contributed by atoms with Gasteiger partial charge in [0.15, 0.2) is 5.82 Å². The maximum atomic E-state index is 12.7. The Morgan fingerprint density at radius 2 is 2.04 bits per heavy atom. The molecule has 7 heteroatoms. The predicted molar refractivity (Wildman–Crippen MR) is 102 cm³/mol. The molecule has 26 heavy (non-hydrogen) atoms. The Hall–Kier alpha value is -2.93. The molecule has 2 bridgehead atoms. The third-order valence-corrected chi connectivity index (χ3v) is 4.56. The number of pyridine rings is 1. The van der Waals surface area contributed by atoms with Gasteiger partial charge in [0.1, 0.15) is 23.9 Å². The molecule has 1 aromatic carbocycles. The summed E-state index contributed by atoms with van der Waals surface area (Å²) < 4.78 is 8.53. The number of aromatic nitrogens is 3. The molecule has 3 heterocycles. The van der Waals surface area contributed by atoms with Crippen LogP contribution in [0.25, 0.3) is 11.5 Å². The molecule has 1 N–H and O–H groups in total. The molecule has 6 nitrogen and oxygen atoms in total. The molecule has 0 radical (unpaired) electrons. The molecule has 1 amide bonds. The van der Waals surface area contributed by atoms with Gasteiger partial charge >= 0.3 is 0 Å². The zero-order valence-electron chi connectivity index (χ0n) is 13.7. The smallest absolute Gasteiger partial charge is 0.260 e. The van der Waals surface area contributed by atoms with Crippen molar-refractivity contribution in [2.24, 2.45) is 0 Å². The summed E-state index contributed by atoms with van der Waals surface area (Å²) in [5, 5.41) is 2.84. The van der Waals surface area contributed by atoms with Crippen LogP contribution in [0, 0.1) is 0 Å². The van der Waals surface area contributed by atoms with E-state index >= 15 is 0 Å². The van der Waals surface area contributed by atoms with Crippen LogP contribution in [-0.4, -0.2) is 27.0 Å². The Labute approximate surface area is 158 Å². The lowest BCUT2D eigenvalue weighted by atomic mass is 10.2. The van der Waals surface area contributed by atoms with E-state index in [0.717, 1.165) is 10.3 Å². The summed E-state index contributed by atoms with van der Waals surface area (Å²) >= 11 is 3.45. The number of halogens is 1. The number of hydrogen-bond acceptors (Lipinski definition) is 4. The van der Waals surface area contributed by atoms with Crippen molar-refractivity contribution >= 4 is 27.7 Å². The van der Waals surface area contributed by atoms with Gasteiger partial charge in [-0.1, -0.05) is 18.2 Å². The molecule has 0 atom stereocenters. The molecule has 1 aliphatic rings. The van der Waals surface area contributed by atoms with Crippen LogP contribution in [0.5, 0.6) is 5.75 Å². The van der Waals surface area contributed by atoms with Crippen LogP contribution in [0.1, 0.15) is 10.4 Å². The second kappa shape index (κ2) is 7.13. The van der Waals surface area contributed by atoms with Gasteiger partial charge in [-0.25, -0.2) is 9.97 Å². The van der Waals surface area contributed by atoms with Crippen LogP contribution < -0.4 is 10.1 Å². The van der Waals surface area contributed by atoms with Gasteiger partial charge in [0.25, 0.3) is 5.91 Å². The largest absolute Gasteiger partial charge is 0.488 e. The fourth-order valence-corrected chi connectivity index (χ4v) is 3.20. The fourth-order valence-electron chi connectivity index (χ4n) is 2.72. The standard InChI is InChI=1S/C19H15BrN4O2/c20-14-6-3-5-13-17(14)26-12-2-1-10-24-11-9-21-18(24)15-7-4-8-16(22-15)23-19(13)25/h1-9,11H,10,12H2,(H,22,23,25)/b2-1+. The molecule has 4 rings (SSSR count). The number of carbonyl (C=O) groups excluding carboxylic acids is 1. The Balaban J connectivity index is 1.79. The second-order valence-electron chi connectivity index (χ2n) is 5.66. The highest BCUT2D eigenvalue weighted by Gasteiger charge is 2.17. The van der Waals surface area contributed by atoms with E-state index in [1.807, 2.05) is 41.1 Å². The van der Waals surface area contributed by atoms with Gasteiger partial charge in [-0.3, -0.25) is 4.79 Å². The van der Waals surface area contributed by atoms with Crippen molar-refractivity contribution < 1.29 is 9.53 Å². The number of fused-ring (bicyclic) bond motifs is 5.